The number of nitrogens with zero attached hydrogens (tertiary/aromatic N) is 1. The lowest BCUT2D eigenvalue weighted by Crippen LogP contribution is -2.35. The molecule has 0 bridgehead atoms. The molecule has 2 aromatic carbocycles. The van der Waals surface area contributed by atoms with Crippen LogP contribution in [0.4, 0.5) is 5.69 Å². The van der Waals surface area contributed by atoms with E-state index in [1.54, 1.807) is 11.9 Å². The average Bonchev–Trinajstić information content (AvgIpc) is 2.86. The zero-order chi connectivity index (χ0) is 25.1. The van der Waals surface area contributed by atoms with E-state index < -0.39 is 0 Å². The summed E-state index contributed by atoms with van der Waals surface area (Å²) in [7, 11) is 0.837. The largest absolute Gasteiger partial charge is 0.350 e. The lowest BCUT2D eigenvalue weighted by atomic mass is 10.0. The van der Waals surface area contributed by atoms with E-state index in [0.29, 0.717) is 17.2 Å². The van der Waals surface area contributed by atoms with Gasteiger partial charge in [0, 0.05) is 22.1 Å². The highest BCUT2D eigenvalue weighted by Gasteiger charge is 2.18. The van der Waals surface area contributed by atoms with Crippen LogP contribution in [0.3, 0.4) is 0 Å². The van der Waals surface area contributed by atoms with Crippen molar-refractivity contribution in [1.29, 1.82) is 0 Å². The summed E-state index contributed by atoms with van der Waals surface area (Å²) in [5.41, 5.74) is 6.05. The Morgan fingerprint density at radius 2 is 1.88 bits per heavy atom. The number of benzene rings is 2. The maximum absolute atomic E-state index is 12.9. The van der Waals surface area contributed by atoms with Crippen molar-refractivity contribution in [2.45, 2.75) is 45.2 Å². The van der Waals surface area contributed by atoms with Gasteiger partial charge in [0.2, 0.25) is 5.91 Å². The molecule has 0 heterocycles. The molecule has 0 saturated heterocycles. The minimum atomic E-state index is -0.0280. The number of nitrogens with one attached hydrogen (secondary N) is 1. The SMILES string of the molecule is C/C=C1/C=C(CNC(=O)CN(Sc2ccc(C)cc2)c2cccc(Cl)c2C)C=CC1PC.CC. The number of anilines is 1. The van der Waals surface area contributed by atoms with Gasteiger partial charge in [-0.3, -0.25) is 4.79 Å². The molecule has 3 rings (SSSR count). The zero-order valence-corrected chi connectivity index (χ0v) is 23.6. The van der Waals surface area contributed by atoms with Gasteiger partial charge in [0.1, 0.15) is 6.54 Å². The summed E-state index contributed by atoms with van der Waals surface area (Å²) in [4.78, 5) is 14.0. The Hall–Kier alpha value is -2.00. The summed E-state index contributed by atoms with van der Waals surface area (Å²) in [5, 5.41) is 3.78. The van der Waals surface area contributed by atoms with E-state index in [9.17, 15) is 4.79 Å². The summed E-state index contributed by atoms with van der Waals surface area (Å²) in [6.45, 7) is 13.1. The molecule has 0 radical (unpaired) electrons. The molecular weight excluding hydrogens is 479 g/mol. The van der Waals surface area contributed by atoms with Crippen molar-refractivity contribution < 1.29 is 4.79 Å². The van der Waals surface area contributed by atoms with Crippen LogP contribution >= 0.6 is 32.1 Å². The van der Waals surface area contributed by atoms with Gasteiger partial charge in [0.25, 0.3) is 0 Å². The van der Waals surface area contributed by atoms with Gasteiger partial charge < -0.3 is 9.62 Å². The molecule has 34 heavy (non-hydrogen) atoms. The highest BCUT2D eigenvalue weighted by atomic mass is 35.5. The second-order valence-electron chi connectivity index (χ2n) is 7.74. The molecule has 0 saturated carbocycles. The molecule has 2 atom stereocenters. The third-order valence-corrected chi connectivity index (χ3v) is 7.97. The van der Waals surface area contributed by atoms with Crippen LogP contribution in [0.2, 0.25) is 5.02 Å². The van der Waals surface area contributed by atoms with Crippen LogP contribution in [0.5, 0.6) is 0 Å². The van der Waals surface area contributed by atoms with Crippen molar-refractivity contribution in [3.05, 3.63) is 94.1 Å². The van der Waals surface area contributed by atoms with Crippen LogP contribution < -0.4 is 9.62 Å². The quantitative estimate of drug-likeness (QED) is 0.289. The van der Waals surface area contributed by atoms with Crippen molar-refractivity contribution in [2.24, 2.45) is 0 Å². The molecule has 0 aromatic heterocycles. The molecule has 1 aliphatic rings. The first-order chi connectivity index (χ1) is 16.4. The second kappa shape index (κ2) is 14.4. The molecule has 1 N–H and O–H groups in total. The van der Waals surface area contributed by atoms with E-state index in [1.165, 1.54) is 11.1 Å². The fraction of sp³-hybridized carbons (Fsp3) is 0.321. The van der Waals surface area contributed by atoms with Crippen molar-refractivity contribution in [3.8, 4) is 0 Å². The second-order valence-corrected chi connectivity index (χ2v) is 10.4. The Kier molecular flexibility index (Phi) is 12.0. The third-order valence-electron chi connectivity index (χ3n) is 5.38. The first-order valence-corrected chi connectivity index (χ1v) is 14.4. The van der Waals surface area contributed by atoms with Gasteiger partial charge >= 0.3 is 0 Å². The molecule has 6 heteroatoms. The van der Waals surface area contributed by atoms with Crippen molar-refractivity contribution >= 4 is 43.7 Å². The predicted octanol–water partition coefficient (Wildman–Crippen LogP) is 7.73. The zero-order valence-electron chi connectivity index (χ0n) is 21.0. The highest BCUT2D eigenvalue weighted by molar-refractivity contribution is 8.00. The average molecular weight is 515 g/mol. The number of halogens is 1. The Morgan fingerprint density at radius 1 is 1.18 bits per heavy atom. The maximum Gasteiger partial charge on any atom is 0.240 e. The number of hydrogen-bond acceptors (Lipinski definition) is 3. The van der Waals surface area contributed by atoms with Gasteiger partial charge in [-0.25, -0.2) is 0 Å². The lowest BCUT2D eigenvalue weighted by Gasteiger charge is -2.25. The molecule has 182 valence electrons. The molecule has 0 fully saturated rings. The molecule has 0 aliphatic heterocycles. The minimum absolute atomic E-state index is 0.0280. The first-order valence-electron chi connectivity index (χ1n) is 11.7. The Bertz CT molecular complexity index is 1050. The van der Waals surface area contributed by atoms with Gasteiger partial charge in [0.05, 0.1) is 5.69 Å². The van der Waals surface area contributed by atoms with Crippen LogP contribution in [0, 0.1) is 13.8 Å². The maximum atomic E-state index is 12.9. The van der Waals surface area contributed by atoms with E-state index >= 15 is 0 Å². The van der Waals surface area contributed by atoms with E-state index in [0.717, 1.165) is 30.3 Å². The summed E-state index contributed by atoms with van der Waals surface area (Å²) < 4.78 is 2.01. The molecule has 2 unspecified atom stereocenters. The number of aryl methyl sites for hydroxylation is 1. The summed E-state index contributed by atoms with van der Waals surface area (Å²) in [5.74, 6) is -0.0280. The number of allylic oxidation sites excluding steroid dienone is 4. The normalized spacial score (nSPS) is 16.3. The molecule has 2 aromatic rings. The Labute approximate surface area is 216 Å². The van der Waals surface area contributed by atoms with E-state index in [2.05, 4.69) is 74.4 Å². The molecule has 3 nitrogen and oxygen atoms in total. The topological polar surface area (TPSA) is 32.3 Å². The summed E-state index contributed by atoms with van der Waals surface area (Å²) >= 11 is 7.92. The van der Waals surface area contributed by atoms with Crippen LogP contribution in [-0.2, 0) is 4.79 Å². The monoisotopic (exact) mass is 514 g/mol. The van der Waals surface area contributed by atoms with E-state index in [1.807, 2.05) is 43.3 Å². The molecule has 1 aliphatic carbocycles. The van der Waals surface area contributed by atoms with Gasteiger partial charge in [-0.15, -0.1) is 8.58 Å². The van der Waals surface area contributed by atoms with Crippen molar-refractivity contribution in [2.75, 3.05) is 24.1 Å². The van der Waals surface area contributed by atoms with Gasteiger partial charge in [0.15, 0.2) is 0 Å². The number of rotatable bonds is 8. The number of carbonyl (C=O) groups excluding carboxylic acids is 1. The van der Waals surface area contributed by atoms with E-state index in [-0.39, 0.29) is 12.5 Å². The third kappa shape index (κ3) is 8.05. The fourth-order valence-corrected chi connectivity index (χ4v) is 5.50. The Morgan fingerprint density at radius 3 is 2.53 bits per heavy atom. The summed E-state index contributed by atoms with van der Waals surface area (Å²) in [6, 6.07) is 14.1. The van der Waals surface area contributed by atoms with Gasteiger partial charge in [-0.2, -0.15) is 0 Å². The van der Waals surface area contributed by atoms with Crippen LogP contribution in [0.25, 0.3) is 0 Å². The standard InChI is InChI=1S/C26H30ClN2OPS.C2H6/c1-5-21-15-20(11-14-25(21)31-4)16-28-26(30)17-29(24-8-6-7-23(27)19(24)3)32-22-12-9-18(2)10-13-22;1-2/h5-15,25,31H,16-17H2,1-4H3,(H,28,30);1-2H3/b21-5-;. The Balaban J connectivity index is 0.00000199. The number of hydrogen-bond donors (Lipinski definition) is 1. The van der Waals surface area contributed by atoms with Crippen molar-refractivity contribution in [3.63, 3.8) is 0 Å². The van der Waals surface area contributed by atoms with Gasteiger partial charge in [-0.05, 0) is 80.4 Å². The fourth-order valence-electron chi connectivity index (χ4n) is 3.46. The first kappa shape index (κ1) is 28.2. The van der Waals surface area contributed by atoms with Crippen molar-refractivity contribution in [1.82, 2.24) is 5.32 Å². The smallest absolute Gasteiger partial charge is 0.240 e. The number of carbonyl (C=O) groups is 1. The molecule has 1 amide bonds. The molecular formula is C28H36ClN2OPS. The van der Waals surface area contributed by atoms with E-state index in [4.69, 9.17) is 11.6 Å². The minimum Gasteiger partial charge on any atom is -0.350 e. The van der Waals surface area contributed by atoms with Crippen LogP contribution in [0.15, 0.2) is 82.8 Å². The van der Waals surface area contributed by atoms with Crippen LogP contribution in [0.1, 0.15) is 31.9 Å². The highest BCUT2D eigenvalue weighted by Crippen LogP contribution is 2.34. The molecule has 0 spiro atoms. The van der Waals surface area contributed by atoms with Crippen LogP contribution in [-0.4, -0.2) is 31.3 Å². The number of amides is 1. The predicted molar refractivity (Wildman–Crippen MR) is 154 cm³/mol. The lowest BCUT2D eigenvalue weighted by molar-refractivity contribution is -0.119. The summed E-state index contributed by atoms with van der Waals surface area (Å²) in [6.07, 6.45) is 8.73. The van der Waals surface area contributed by atoms with Gasteiger partial charge in [-0.1, -0.05) is 73.5 Å².